The van der Waals surface area contributed by atoms with E-state index in [-0.39, 0.29) is 0 Å². The Morgan fingerprint density at radius 1 is 1.41 bits per heavy atom. The Kier molecular flexibility index (Phi) is 6.03. The van der Waals surface area contributed by atoms with Gasteiger partial charge in [-0.15, -0.1) is 0 Å². The van der Waals surface area contributed by atoms with Gasteiger partial charge in [0.2, 0.25) is 0 Å². The van der Waals surface area contributed by atoms with Crippen molar-refractivity contribution in [3.05, 3.63) is 34.9 Å². The van der Waals surface area contributed by atoms with Crippen LogP contribution in [0, 0.1) is 6.92 Å². The fraction of sp³-hybridized carbons (Fsp3) is 0.571. The van der Waals surface area contributed by atoms with E-state index >= 15 is 0 Å². The van der Waals surface area contributed by atoms with Gasteiger partial charge in [0.05, 0.1) is 0 Å². The van der Waals surface area contributed by atoms with Crippen LogP contribution in [0.25, 0.3) is 0 Å². The molecule has 3 heteroatoms. The molecule has 2 N–H and O–H groups in total. The largest absolute Gasteiger partial charge is 0.326 e. The van der Waals surface area contributed by atoms with E-state index in [1.807, 2.05) is 11.8 Å². The molecule has 0 aromatic heterocycles. The number of rotatable bonds is 6. The highest BCUT2D eigenvalue weighted by atomic mass is 32.2. The van der Waals surface area contributed by atoms with Crippen LogP contribution in [-0.4, -0.2) is 30.0 Å². The van der Waals surface area contributed by atoms with Crippen LogP contribution in [-0.2, 0) is 13.1 Å². The summed E-state index contributed by atoms with van der Waals surface area (Å²) in [6.45, 7) is 6.08. The van der Waals surface area contributed by atoms with Crippen LogP contribution in [0.15, 0.2) is 18.2 Å². The van der Waals surface area contributed by atoms with Gasteiger partial charge in [0, 0.05) is 24.9 Å². The quantitative estimate of drug-likeness (QED) is 0.844. The maximum absolute atomic E-state index is 5.64. The highest BCUT2D eigenvalue weighted by Crippen LogP contribution is 2.15. The lowest BCUT2D eigenvalue weighted by Crippen LogP contribution is -2.30. The normalized spacial score (nSPS) is 13.1. The van der Waals surface area contributed by atoms with Crippen LogP contribution < -0.4 is 5.73 Å². The highest BCUT2D eigenvalue weighted by molar-refractivity contribution is 7.98. The van der Waals surface area contributed by atoms with Crippen LogP contribution in [0.5, 0.6) is 0 Å². The predicted molar refractivity (Wildman–Crippen MR) is 78.4 cm³/mol. The number of benzene rings is 1. The standard InChI is InChI=1S/C14H24N2S/c1-11-7-13(8-15)5-6-14(11)9-16(3)12(2)10-17-4/h5-7,12H,8-10,15H2,1-4H3. The number of aryl methyl sites for hydroxylation is 1. The molecule has 0 saturated carbocycles. The SMILES string of the molecule is CSCC(C)N(C)Cc1ccc(CN)cc1C. The van der Waals surface area contributed by atoms with Crippen LogP contribution in [0.1, 0.15) is 23.6 Å². The molecule has 0 amide bonds. The highest BCUT2D eigenvalue weighted by Gasteiger charge is 2.10. The molecule has 0 fully saturated rings. The molecule has 1 rings (SSSR count). The van der Waals surface area contributed by atoms with Crippen molar-refractivity contribution in [2.24, 2.45) is 5.73 Å². The van der Waals surface area contributed by atoms with E-state index in [1.54, 1.807) is 0 Å². The Balaban J connectivity index is 2.68. The average Bonchev–Trinajstić information content (AvgIpc) is 2.31. The van der Waals surface area contributed by atoms with Gasteiger partial charge in [-0.3, -0.25) is 4.90 Å². The first-order valence-corrected chi connectivity index (χ1v) is 7.45. The molecule has 0 bridgehead atoms. The molecule has 0 aliphatic carbocycles. The Bertz CT molecular complexity index is 352. The molecule has 0 aliphatic heterocycles. The molecule has 0 spiro atoms. The minimum Gasteiger partial charge on any atom is -0.326 e. The number of hydrogen-bond acceptors (Lipinski definition) is 3. The van der Waals surface area contributed by atoms with Crippen molar-refractivity contribution in [1.82, 2.24) is 4.90 Å². The second kappa shape index (κ2) is 7.04. The summed E-state index contributed by atoms with van der Waals surface area (Å²) < 4.78 is 0. The van der Waals surface area contributed by atoms with Crippen molar-refractivity contribution in [2.45, 2.75) is 33.0 Å². The third-order valence-electron chi connectivity index (χ3n) is 3.22. The molecule has 0 saturated heterocycles. The second-order valence-electron chi connectivity index (χ2n) is 4.68. The zero-order valence-corrected chi connectivity index (χ0v) is 12.2. The first kappa shape index (κ1) is 14.6. The summed E-state index contributed by atoms with van der Waals surface area (Å²) in [5.74, 6) is 1.18. The van der Waals surface area contributed by atoms with Gasteiger partial charge in [-0.1, -0.05) is 18.2 Å². The third kappa shape index (κ3) is 4.34. The summed E-state index contributed by atoms with van der Waals surface area (Å²) in [5.41, 5.74) is 9.60. The number of hydrogen-bond donors (Lipinski definition) is 1. The van der Waals surface area contributed by atoms with Gasteiger partial charge in [0.15, 0.2) is 0 Å². The third-order valence-corrected chi connectivity index (χ3v) is 4.04. The van der Waals surface area contributed by atoms with Gasteiger partial charge in [-0.2, -0.15) is 11.8 Å². The smallest absolute Gasteiger partial charge is 0.0236 e. The summed E-state index contributed by atoms with van der Waals surface area (Å²) in [6.07, 6.45) is 2.16. The Hall–Kier alpha value is -0.510. The molecule has 96 valence electrons. The molecular formula is C14H24N2S. The van der Waals surface area contributed by atoms with Gasteiger partial charge in [-0.25, -0.2) is 0 Å². The van der Waals surface area contributed by atoms with Gasteiger partial charge >= 0.3 is 0 Å². The molecule has 1 aromatic rings. The summed E-state index contributed by atoms with van der Waals surface area (Å²) in [4.78, 5) is 2.40. The number of thioether (sulfide) groups is 1. The molecule has 0 radical (unpaired) electrons. The fourth-order valence-electron chi connectivity index (χ4n) is 1.86. The van der Waals surface area contributed by atoms with Gasteiger partial charge in [0.1, 0.15) is 0 Å². The second-order valence-corrected chi connectivity index (χ2v) is 5.60. The molecule has 1 aromatic carbocycles. The first-order chi connectivity index (χ1) is 8.08. The van der Waals surface area contributed by atoms with Crippen LogP contribution in [0.2, 0.25) is 0 Å². The molecule has 1 unspecified atom stereocenters. The minimum absolute atomic E-state index is 0.610. The Labute approximate surface area is 110 Å². The minimum atomic E-state index is 0.610. The van der Waals surface area contributed by atoms with E-state index in [0.717, 1.165) is 6.54 Å². The van der Waals surface area contributed by atoms with Crippen molar-refractivity contribution in [2.75, 3.05) is 19.1 Å². The van der Waals surface area contributed by atoms with Gasteiger partial charge in [-0.05, 0) is 43.8 Å². The van der Waals surface area contributed by atoms with E-state index in [9.17, 15) is 0 Å². The average molecular weight is 252 g/mol. The van der Waals surface area contributed by atoms with Crippen molar-refractivity contribution < 1.29 is 0 Å². The lowest BCUT2D eigenvalue weighted by molar-refractivity contribution is 0.269. The summed E-state index contributed by atoms with van der Waals surface area (Å²) in [7, 11) is 2.19. The number of nitrogens with two attached hydrogens (primary N) is 1. The Morgan fingerprint density at radius 3 is 2.65 bits per heavy atom. The topological polar surface area (TPSA) is 29.3 Å². The summed E-state index contributed by atoms with van der Waals surface area (Å²) in [6, 6.07) is 7.15. The summed E-state index contributed by atoms with van der Waals surface area (Å²) >= 11 is 1.90. The van der Waals surface area contributed by atoms with Gasteiger partial charge in [0.25, 0.3) is 0 Å². The first-order valence-electron chi connectivity index (χ1n) is 6.06. The van der Waals surface area contributed by atoms with E-state index < -0.39 is 0 Å². The molecule has 2 nitrogen and oxygen atoms in total. The monoisotopic (exact) mass is 252 g/mol. The van der Waals surface area contributed by atoms with E-state index in [0.29, 0.717) is 12.6 Å². The van der Waals surface area contributed by atoms with E-state index in [1.165, 1.54) is 22.4 Å². The van der Waals surface area contributed by atoms with Crippen LogP contribution in [0.4, 0.5) is 0 Å². The molecule has 0 heterocycles. The van der Waals surface area contributed by atoms with Crippen molar-refractivity contribution in [1.29, 1.82) is 0 Å². The summed E-state index contributed by atoms with van der Waals surface area (Å²) in [5, 5.41) is 0. The molecule has 1 atom stereocenters. The van der Waals surface area contributed by atoms with Crippen LogP contribution in [0.3, 0.4) is 0 Å². The van der Waals surface area contributed by atoms with E-state index in [2.05, 4.69) is 50.2 Å². The van der Waals surface area contributed by atoms with E-state index in [4.69, 9.17) is 5.73 Å². The molecule has 17 heavy (non-hydrogen) atoms. The molecule has 0 aliphatic rings. The predicted octanol–water partition coefficient (Wildman–Crippen LogP) is 2.64. The zero-order valence-electron chi connectivity index (χ0n) is 11.4. The fourth-order valence-corrected chi connectivity index (χ4v) is 2.59. The lowest BCUT2D eigenvalue weighted by Gasteiger charge is -2.25. The van der Waals surface area contributed by atoms with Crippen molar-refractivity contribution in [3.8, 4) is 0 Å². The zero-order chi connectivity index (χ0) is 12.8. The maximum atomic E-state index is 5.64. The van der Waals surface area contributed by atoms with Crippen molar-refractivity contribution >= 4 is 11.8 Å². The number of nitrogens with zero attached hydrogens (tertiary/aromatic N) is 1. The van der Waals surface area contributed by atoms with Crippen molar-refractivity contribution in [3.63, 3.8) is 0 Å². The Morgan fingerprint density at radius 2 is 2.12 bits per heavy atom. The lowest BCUT2D eigenvalue weighted by atomic mass is 10.0. The molecular weight excluding hydrogens is 228 g/mol. The van der Waals surface area contributed by atoms with Gasteiger partial charge < -0.3 is 5.73 Å². The maximum Gasteiger partial charge on any atom is 0.0236 e. The van der Waals surface area contributed by atoms with Crippen LogP contribution >= 0.6 is 11.8 Å².